The minimum atomic E-state index is -0.200. The van der Waals surface area contributed by atoms with Crippen molar-refractivity contribution in [2.75, 3.05) is 7.11 Å². The molecule has 0 aromatic heterocycles. The van der Waals surface area contributed by atoms with Crippen molar-refractivity contribution >= 4 is 11.8 Å². The zero-order valence-electron chi connectivity index (χ0n) is 9.08. The van der Waals surface area contributed by atoms with Crippen LogP contribution in [0.25, 0.3) is 0 Å². The third kappa shape index (κ3) is 6.40. The Labute approximate surface area is 85.1 Å². The van der Waals surface area contributed by atoms with E-state index in [0.717, 1.165) is 12.8 Å². The molecular weight excluding hydrogens is 180 g/mol. The van der Waals surface area contributed by atoms with Gasteiger partial charge in [-0.15, -0.1) is 0 Å². The predicted octanol–water partition coefficient (Wildman–Crippen LogP) is 2.11. The maximum atomic E-state index is 11.1. The van der Waals surface area contributed by atoms with Gasteiger partial charge in [0, 0.05) is 12.3 Å². The zero-order chi connectivity index (χ0) is 11.0. The Balaban J connectivity index is 3.54. The average Bonchev–Trinajstić information content (AvgIpc) is 2.16. The van der Waals surface area contributed by atoms with E-state index in [4.69, 9.17) is 0 Å². The van der Waals surface area contributed by atoms with Crippen molar-refractivity contribution in [2.45, 2.75) is 33.1 Å². The van der Waals surface area contributed by atoms with E-state index in [0.29, 0.717) is 6.42 Å². The van der Waals surface area contributed by atoms with Gasteiger partial charge in [-0.1, -0.05) is 19.9 Å². The van der Waals surface area contributed by atoms with Crippen molar-refractivity contribution in [3.63, 3.8) is 0 Å². The monoisotopic (exact) mass is 198 g/mol. The number of rotatable bonds is 6. The molecule has 3 nitrogen and oxygen atoms in total. The summed E-state index contributed by atoms with van der Waals surface area (Å²) in [4.78, 5) is 21.8. The quantitative estimate of drug-likeness (QED) is 0.373. The molecule has 0 radical (unpaired) electrons. The van der Waals surface area contributed by atoms with E-state index in [9.17, 15) is 9.59 Å². The fraction of sp³-hybridized carbons (Fsp3) is 0.636. The molecule has 0 amide bonds. The Morgan fingerprint density at radius 2 is 2.00 bits per heavy atom. The lowest BCUT2D eigenvalue weighted by Crippen LogP contribution is -2.02. The molecule has 3 heteroatoms. The highest BCUT2D eigenvalue weighted by Crippen LogP contribution is 2.00. The van der Waals surface area contributed by atoms with Gasteiger partial charge >= 0.3 is 5.97 Å². The van der Waals surface area contributed by atoms with E-state index >= 15 is 0 Å². The van der Waals surface area contributed by atoms with Gasteiger partial charge in [-0.2, -0.15) is 0 Å². The van der Waals surface area contributed by atoms with E-state index in [1.54, 1.807) is 6.08 Å². The van der Waals surface area contributed by atoms with Crippen LogP contribution in [0.5, 0.6) is 0 Å². The molecule has 0 aromatic carbocycles. The summed E-state index contributed by atoms with van der Waals surface area (Å²) < 4.78 is 4.49. The predicted molar refractivity (Wildman–Crippen MR) is 54.9 cm³/mol. The van der Waals surface area contributed by atoms with Gasteiger partial charge in [0.05, 0.1) is 7.11 Å². The maximum absolute atomic E-state index is 11.1. The second-order valence-corrected chi connectivity index (χ2v) is 3.43. The number of unbranched alkanes of at least 4 members (excludes halogenated alkanes) is 1. The lowest BCUT2D eigenvalue weighted by molar-refractivity contribution is -0.140. The minimum absolute atomic E-state index is 0.0480. The zero-order valence-corrected chi connectivity index (χ0v) is 9.08. The fourth-order valence-corrected chi connectivity index (χ4v) is 0.858. The fourth-order valence-electron chi connectivity index (χ4n) is 0.858. The second kappa shape index (κ2) is 7.30. The molecule has 14 heavy (non-hydrogen) atoms. The molecule has 0 aliphatic rings. The normalized spacial score (nSPS) is 10.9. The second-order valence-electron chi connectivity index (χ2n) is 3.43. The summed E-state index contributed by atoms with van der Waals surface area (Å²) in [6.07, 6.45) is 5.28. The van der Waals surface area contributed by atoms with Crippen LogP contribution in [0.15, 0.2) is 12.2 Å². The van der Waals surface area contributed by atoms with Crippen LogP contribution >= 0.6 is 0 Å². The number of ether oxygens (including phenoxy) is 1. The van der Waals surface area contributed by atoms with Crippen molar-refractivity contribution in [1.29, 1.82) is 0 Å². The van der Waals surface area contributed by atoms with E-state index in [2.05, 4.69) is 4.74 Å². The standard InChI is InChI=1S/C11H18O3/c1-9(2)10(12)7-5-4-6-8-11(13)14-3/h5,7,9H,4,6,8H2,1-3H3/b7-5+. The summed E-state index contributed by atoms with van der Waals surface area (Å²) in [5.41, 5.74) is 0. The first-order valence-corrected chi connectivity index (χ1v) is 4.85. The van der Waals surface area contributed by atoms with Crippen LogP contribution in [-0.2, 0) is 14.3 Å². The number of esters is 1. The van der Waals surface area contributed by atoms with Crippen LogP contribution < -0.4 is 0 Å². The van der Waals surface area contributed by atoms with E-state index in [1.807, 2.05) is 19.9 Å². The first kappa shape index (κ1) is 12.9. The molecule has 0 aromatic rings. The molecule has 0 heterocycles. The molecule has 0 spiro atoms. The molecule has 0 saturated carbocycles. The average molecular weight is 198 g/mol. The van der Waals surface area contributed by atoms with Crippen LogP contribution in [0.2, 0.25) is 0 Å². The molecule has 0 bridgehead atoms. The van der Waals surface area contributed by atoms with Crippen LogP contribution in [0, 0.1) is 5.92 Å². The third-order valence-corrected chi connectivity index (χ3v) is 1.83. The minimum Gasteiger partial charge on any atom is -0.469 e. The summed E-state index contributed by atoms with van der Waals surface area (Å²) in [7, 11) is 1.38. The van der Waals surface area contributed by atoms with Gasteiger partial charge in [-0.05, 0) is 18.9 Å². The van der Waals surface area contributed by atoms with Crippen molar-refractivity contribution in [2.24, 2.45) is 5.92 Å². The first-order chi connectivity index (χ1) is 6.57. The molecule has 0 aliphatic heterocycles. The summed E-state index contributed by atoms with van der Waals surface area (Å²) in [6, 6.07) is 0. The number of carbonyl (C=O) groups is 2. The molecule has 0 saturated heterocycles. The largest absolute Gasteiger partial charge is 0.469 e. The maximum Gasteiger partial charge on any atom is 0.305 e. The Morgan fingerprint density at radius 3 is 2.50 bits per heavy atom. The number of ketones is 1. The summed E-state index contributed by atoms with van der Waals surface area (Å²) in [5.74, 6) is -0.0245. The number of hydrogen-bond donors (Lipinski definition) is 0. The molecule has 0 fully saturated rings. The van der Waals surface area contributed by atoms with Crippen LogP contribution in [0.4, 0.5) is 0 Å². The van der Waals surface area contributed by atoms with E-state index in [-0.39, 0.29) is 17.7 Å². The van der Waals surface area contributed by atoms with Crippen LogP contribution in [0.3, 0.4) is 0 Å². The summed E-state index contributed by atoms with van der Waals surface area (Å²) in [6.45, 7) is 3.72. The molecule has 0 unspecified atom stereocenters. The van der Waals surface area contributed by atoms with Crippen LogP contribution in [-0.4, -0.2) is 18.9 Å². The molecule has 0 atom stereocenters. The van der Waals surface area contributed by atoms with Crippen molar-refractivity contribution in [1.82, 2.24) is 0 Å². The summed E-state index contributed by atoms with van der Waals surface area (Å²) >= 11 is 0. The number of hydrogen-bond acceptors (Lipinski definition) is 3. The Hall–Kier alpha value is -1.12. The van der Waals surface area contributed by atoms with E-state index in [1.165, 1.54) is 7.11 Å². The Morgan fingerprint density at radius 1 is 1.36 bits per heavy atom. The topological polar surface area (TPSA) is 43.4 Å². The molecule has 0 aliphatic carbocycles. The lowest BCUT2D eigenvalue weighted by Gasteiger charge is -1.97. The highest BCUT2D eigenvalue weighted by molar-refractivity contribution is 5.91. The molecule has 0 rings (SSSR count). The van der Waals surface area contributed by atoms with Gasteiger partial charge in [-0.25, -0.2) is 0 Å². The van der Waals surface area contributed by atoms with Gasteiger partial charge in [0.2, 0.25) is 0 Å². The van der Waals surface area contributed by atoms with Crippen molar-refractivity contribution in [3.8, 4) is 0 Å². The highest BCUT2D eigenvalue weighted by Gasteiger charge is 2.01. The highest BCUT2D eigenvalue weighted by atomic mass is 16.5. The van der Waals surface area contributed by atoms with Crippen molar-refractivity contribution in [3.05, 3.63) is 12.2 Å². The Kier molecular flexibility index (Phi) is 6.72. The van der Waals surface area contributed by atoms with Crippen molar-refractivity contribution < 1.29 is 14.3 Å². The smallest absolute Gasteiger partial charge is 0.305 e. The third-order valence-electron chi connectivity index (χ3n) is 1.83. The molecular formula is C11H18O3. The van der Waals surface area contributed by atoms with Gasteiger partial charge in [0.1, 0.15) is 0 Å². The lowest BCUT2D eigenvalue weighted by atomic mass is 10.1. The SMILES string of the molecule is COC(=O)CCC/C=C/C(=O)C(C)C. The first-order valence-electron chi connectivity index (χ1n) is 4.85. The summed E-state index contributed by atoms with van der Waals surface area (Å²) in [5, 5.41) is 0. The Bertz CT molecular complexity index is 217. The number of allylic oxidation sites excluding steroid dienone is 2. The number of methoxy groups -OCH3 is 1. The van der Waals surface area contributed by atoms with Crippen LogP contribution in [0.1, 0.15) is 33.1 Å². The van der Waals surface area contributed by atoms with Gasteiger partial charge < -0.3 is 4.74 Å². The van der Waals surface area contributed by atoms with Gasteiger partial charge in [0.25, 0.3) is 0 Å². The van der Waals surface area contributed by atoms with E-state index < -0.39 is 0 Å². The van der Waals surface area contributed by atoms with Gasteiger partial charge in [0.15, 0.2) is 5.78 Å². The van der Waals surface area contributed by atoms with Gasteiger partial charge in [-0.3, -0.25) is 9.59 Å². The molecule has 80 valence electrons. The molecule has 0 N–H and O–H groups in total. The number of carbonyl (C=O) groups excluding carboxylic acids is 2.